The van der Waals surface area contributed by atoms with E-state index >= 15 is 0 Å². The molecule has 3 aromatic rings. The van der Waals surface area contributed by atoms with Crippen LogP contribution in [0.3, 0.4) is 0 Å². The zero-order valence-corrected chi connectivity index (χ0v) is 16.4. The summed E-state index contributed by atoms with van der Waals surface area (Å²) in [6.07, 6.45) is 3.88. The maximum absolute atomic E-state index is 13.0. The number of sulfonamides is 1. The monoisotopic (exact) mass is 382 g/mol. The minimum atomic E-state index is -3.72. The van der Waals surface area contributed by atoms with Crippen molar-refractivity contribution in [1.29, 1.82) is 0 Å². The Balaban J connectivity index is 1.70. The molecule has 0 spiro atoms. The molecule has 1 saturated carbocycles. The number of anilines is 1. The molecule has 27 heavy (non-hydrogen) atoms. The second-order valence-electron chi connectivity index (χ2n) is 7.24. The van der Waals surface area contributed by atoms with Gasteiger partial charge in [0.05, 0.1) is 16.8 Å². The van der Waals surface area contributed by atoms with Crippen LogP contribution in [0.1, 0.15) is 41.3 Å². The fraction of sp³-hybridized carbons (Fsp3) is 0.286. The summed E-state index contributed by atoms with van der Waals surface area (Å²) in [7, 11) is -3.72. The molecule has 4 rings (SSSR count). The number of nitrogens with zero attached hydrogens (tertiary/aromatic N) is 1. The highest BCUT2D eigenvalue weighted by molar-refractivity contribution is 7.92. The third-order valence-electron chi connectivity index (χ3n) is 4.85. The Labute approximate surface area is 159 Å². The highest BCUT2D eigenvalue weighted by atomic mass is 32.2. The van der Waals surface area contributed by atoms with Crippen molar-refractivity contribution in [2.75, 3.05) is 4.72 Å². The van der Waals surface area contributed by atoms with Crippen molar-refractivity contribution < 1.29 is 12.8 Å². The van der Waals surface area contributed by atoms with Crippen LogP contribution < -0.4 is 4.72 Å². The van der Waals surface area contributed by atoms with Crippen LogP contribution in [0.5, 0.6) is 0 Å². The lowest BCUT2D eigenvalue weighted by Crippen LogP contribution is -2.15. The fourth-order valence-corrected chi connectivity index (χ4v) is 4.42. The fourth-order valence-electron chi connectivity index (χ4n) is 3.03. The minimum absolute atomic E-state index is 0.241. The lowest BCUT2D eigenvalue weighted by molar-refractivity contribution is 0.509. The van der Waals surface area contributed by atoms with Crippen LogP contribution in [0.4, 0.5) is 5.69 Å². The molecular weight excluding hydrogens is 360 g/mol. The number of benzene rings is 2. The number of hydrogen-bond acceptors (Lipinski definition) is 4. The highest BCUT2D eigenvalue weighted by Gasteiger charge is 2.29. The SMILES string of the molecule is Cc1ccc(C)c(NS(=O)(=O)c2cc(-c3cnc(C4CC4)o3)ccc2C)c1. The summed E-state index contributed by atoms with van der Waals surface area (Å²) in [5.41, 5.74) is 3.86. The van der Waals surface area contributed by atoms with E-state index in [1.165, 1.54) is 0 Å². The summed E-state index contributed by atoms with van der Waals surface area (Å²) < 4.78 is 34.6. The van der Waals surface area contributed by atoms with E-state index in [0.29, 0.717) is 28.5 Å². The first-order valence-corrected chi connectivity index (χ1v) is 10.5. The summed E-state index contributed by atoms with van der Waals surface area (Å²) in [5, 5.41) is 0. The van der Waals surface area contributed by atoms with Gasteiger partial charge in [-0.25, -0.2) is 13.4 Å². The third-order valence-corrected chi connectivity index (χ3v) is 6.36. The third kappa shape index (κ3) is 3.62. The van der Waals surface area contributed by atoms with E-state index in [9.17, 15) is 8.42 Å². The molecule has 1 fully saturated rings. The van der Waals surface area contributed by atoms with Crippen molar-refractivity contribution in [3.8, 4) is 11.3 Å². The van der Waals surface area contributed by atoms with Crippen molar-refractivity contribution >= 4 is 15.7 Å². The van der Waals surface area contributed by atoms with E-state index in [1.54, 1.807) is 25.3 Å². The van der Waals surface area contributed by atoms with Gasteiger partial charge in [0.2, 0.25) is 0 Å². The van der Waals surface area contributed by atoms with Gasteiger partial charge in [-0.1, -0.05) is 24.3 Å². The molecule has 0 bridgehead atoms. The van der Waals surface area contributed by atoms with Crippen LogP contribution in [0.25, 0.3) is 11.3 Å². The van der Waals surface area contributed by atoms with Crippen LogP contribution >= 0.6 is 0 Å². The summed E-state index contributed by atoms with van der Waals surface area (Å²) in [4.78, 5) is 4.57. The molecule has 0 saturated heterocycles. The lowest BCUT2D eigenvalue weighted by atomic mass is 10.1. The topological polar surface area (TPSA) is 72.2 Å². The molecule has 1 aliphatic rings. The number of nitrogens with one attached hydrogen (secondary N) is 1. The molecule has 140 valence electrons. The quantitative estimate of drug-likeness (QED) is 0.678. The highest BCUT2D eigenvalue weighted by Crippen LogP contribution is 2.40. The first-order valence-electron chi connectivity index (χ1n) is 9.00. The van der Waals surface area contributed by atoms with Crippen LogP contribution in [0.2, 0.25) is 0 Å². The summed E-state index contributed by atoms with van der Waals surface area (Å²) in [6.45, 7) is 5.61. The average Bonchev–Trinajstić information content (AvgIpc) is 3.35. The van der Waals surface area contributed by atoms with E-state index in [1.807, 2.05) is 38.1 Å². The molecule has 1 N–H and O–H groups in total. The smallest absolute Gasteiger partial charge is 0.262 e. The van der Waals surface area contributed by atoms with Gasteiger partial charge >= 0.3 is 0 Å². The van der Waals surface area contributed by atoms with Gasteiger partial charge in [0, 0.05) is 11.5 Å². The first kappa shape index (κ1) is 17.8. The van der Waals surface area contributed by atoms with Crippen molar-refractivity contribution in [3.05, 3.63) is 65.2 Å². The Bertz CT molecular complexity index is 1110. The predicted octanol–water partition coefficient (Wildman–Crippen LogP) is 4.95. The number of oxazole rings is 1. The summed E-state index contributed by atoms with van der Waals surface area (Å²) in [6, 6.07) is 11.0. The Hall–Kier alpha value is -2.60. The van der Waals surface area contributed by atoms with Crippen LogP contribution in [-0.4, -0.2) is 13.4 Å². The first-order chi connectivity index (χ1) is 12.8. The summed E-state index contributed by atoms with van der Waals surface area (Å²) >= 11 is 0. The maximum atomic E-state index is 13.0. The van der Waals surface area contributed by atoms with Crippen molar-refractivity contribution in [3.63, 3.8) is 0 Å². The zero-order chi connectivity index (χ0) is 19.2. The van der Waals surface area contributed by atoms with Gasteiger partial charge in [-0.3, -0.25) is 4.72 Å². The van der Waals surface area contributed by atoms with Gasteiger partial charge in [-0.2, -0.15) is 0 Å². The second-order valence-corrected chi connectivity index (χ2v) is 8.89. The van der Waals surface area contributed by atoms with Gasteiger partial charge in [-0.05, 0) is 62.4 Å². The number of rotatable bonds is 5. The van der Waals surface area contributed by atoms with Gasteiger partial charge in [0.25, 0.3) is 10.0 Å². The summed E-state index contributed by atoms with van der Waals surface area (Å²) in [5.74, 6) is 1.75. The molecule has 5 nitrogen and oxygen atoms in total. The van der Waals surface area contributed by atoms with Gasteiger partial charge in [0.1, 0.15) is 0 Å². The van der Waals surface area contributed by atoms with Gasteiger partial charge < -0.3 is 4.42 Å². The van der Waals surface area contributed by atoms with E-state index in [2.05, 4.69) is 9.71 Å². The van der Waals surface area contributed by atoms with Crippen LogP contribution in [0.15, 0.2) is 51.9 Å². The van der Waals surface area contributed by atoms with Crippen molar-refractivity contribution in [1.82, 2.24) is 4.98 Å². The van der Waals surface area contributed by atoms with Crippen LogP contribution in [0, 0.1) is 20.8 Å². The predicted molar refractivity (Wildman–Crippen MR) is 105 cm³/mol. The molecule has 0 aliphatic heterocycles. The van der Waals surface area contributed by atoms with Gasteiger partial charge in [0.15, 0.2) is 11.7 Å². The molecule has 1 heterocycles. The van der Waals surface area contributed by atoms with E-state index in [-0.39, 0.29) is 4.90 Å². The number of hydrogen-bond donors (Lipinski definition) is 1. The van der Waals surface area contributed by atoms with Crippen molar-refractivity contribution in [2.45, 2.75) is 44.4 Å². The van der Waals surface area contributed by atoms with E-state index in [0.717, 1.165) is 29.9 Å². The van der Waals surface area contributed by atoms with Gasteiger partial charge in [-0.15, -0.1) is 0 Å². The molecule has 0 unspecified atom stereocenters. The van der Waals surface area contributed by atoms with Crippen LogP contribution in [-0.2, 0) is 10.0 Å². The van der Waals surface area contributed by atoms with E-state index < -0.39 is 10.0 Å². The minimum Gasteiger partial charge on any atom is -0.440 e. The second kappa shape index (κ2) is 6.53. The molecule has 0 radical (unpaired) electrons. The zero-order valence-electron chi connectivity index (χ0n) is 15.6. The number of aromatic nitrogens is 1. The average molecular weight is 382 g/mol. The molecule has 1 aliphatic carbocycles. The number of aryl methyl sites for hydroxylation is 3. The lowest BCUT2D eigenvalue weighted by Gasteiger charge is -2.13. The largest absolute Gasteiger partial charge is 0.440 e. The Kier molecular flexibility index (Phi) is 4.30. The van der Waals surface area contributed by atoms with Crippen molar-refractivity contribution in [2.24, 2.45) is 0 Å². The Morgan fingerprint density at radius 2 is 1.78 bits per heavy atom. The molecule has 2 aromatic carbocycles. The molecule has 0 atom stereocenters. The standard InChI is InChI=1S/C21H22N2O3S/c1-13-4-5-14(2)18(10-13)23-27(24,25)20-11-17(7-6-15(20)3)19-12-22-21(26-19)16-8-9-16/h4-7,10-12,16,23H,8-9H2,1-3H3. The van der Waals surface area contributed by atoms with E-state index in [4.69, 9.17) is 4.42 Å². The molecular formula is C21H22N2O3S. The molecule has 0 amide bonds. The Morgan fingerprint density at radius 3 is 2.52 bits per heavy atom. The molecule has 1 aromatic heterocycles. The Morgan fingerprint density at radius 1 is 1.04 bits per heavy atom. The maximum Gasteiger partial charge on any atom is 0.262 e. The molecule has 6 heteroatoms. The normalized spacial score (nSPS) is 14.3.